The number of hydrogen-bond donors (Lipinski definition) is 1. The molecule has 1 rings (SSSR count). The molecule has 1 aromatic carbocycles. The van der Waals surface area contributed by atoms with Crippen LogP contribution in [-0.2, 0) is 4.79 Å². The first kappa shape index (κ1) is 14.6. The summed E-state index contributed by atoms with van der Waals surface area (Å²) >= 11 is 0. The quantitative estimate of drug-likeness (QED) is 0.840. The van der Waals surface area contributed by atoms with E-state index in [9.17, 15) is 4.79 Å². The Hall–Kier alpha value is -1.51. The standard InChI is InChI=1S/C15H23NO2/c1-5-14(11(2)3)16(10-15(17)18)13-8-6-12(4)7-9-13/h6-9,11,14H,5,10H2,1-4H3,(H,17,18). The molecule has 1 N–H and O–H groups in total. The second-order valence-electron chi connectivity index (χ2n) is 5.08. The van der Waals surface area contributed by atoms with Gasteiger partial charge in [0.05, 0.1) is 0 Å². The Labute approximate surface area is 109 Å². The van der Waals surface area contributed by atoms with Crippen LogP contribution in [0.25, 0.3) is 0 Å². The van der Waals surface area contributed by atoms with E-state index in [-0.39, 0.29) is 12.6 Å². The van der Waals surface area contributed by atoms with Gasteiger partial charge in [-0.1, -0.05) is 38.5 Å². The highest BCUT2D eigenvalue weighted by Crippen LogP contribution is 2.23. The minimum Gasteiger partial charge on any atom is -0.480 e. The van der Waals surface area contributed by atoms with Crippen molar-refractivity contribution in [2.75, 3.05) is 11.4 Å². The number of aliphatic carboxylic acids is 1. The Morgan fingerprint density at radius 2 is 1.83 bits per heavy atom. The summed E-state index contributed by atoms with van der Waals surface area (Å²) in [4.78, 5) is 13.0. The van der Waals surface area contributed by atoms with Crippen molar-refractivity contribution in [2.45, 2.75) is 40.2 Å². The SMILES string of the molecule is CCC(C(C)C)N(CC(=O)O)c1ccc(C)cc1. The Morgan fingerprint density at radius 1 is 1.28 bits per heavy atom. The summed E-state index contributed by atoms with van der Waals surface area (Å²) in [6, 6.07) is 8.31. The van der Waals surface area contributed by atoms with Gasteiger partial charge >= 0.3 is 5.97 Å². The molecule has 100 valence electrons. The summed E-state index contributed by atoms with van der Waals surface area (Å²) in [5.41, 5.74) is 2.18. The maximum atomic E-state index is 11.1. The average Bonchev–Trinajstić information content (AvgIpc) is 2.28. The average molecular weight is 249 g/mol. The molecule has 0 aliphatic heterocycles. The summed E-state index contributed by atoms with van der Waals surface area (Å²) < 4.78 is 0. The normalized spacial score (nSPS) is 12.5. The van der Waals surface area contributed by atoms with E-state index in [0.29, 0.717) is 5.92 Å². The van der Waals surface area contributed by atoms with Crippen LogP contribution in [0.15, 0.2) is 24.3 Å². The molecule has 0 spiro atoms. The first-order chi connectivity index (χ1) is 8.45. The highest BCUT2D eigenvalue weighted by atomic mass is 16.4. The zero-order valence-electron chi connectivity index (χ0n) is 11.7. The lowest BCUT2D eigenvalue weighted by molar-refractivity contribution is -0.135. The van der Waals surface area contributed by atoms with Crippen molar-refractivity contribution < 1.29 is 9.90 Å². The molecule has 1 aromatic rings. The van der Waals surface area contributed by atoms with Crippen LogP contribution < -0.4 is 4.90 Å². The Morgan fingerprint density at radius 3 is 2.22 bits per heavy atom. The largest absolute Gasteiger partial charge is 0.480 e. The molecule has 0 saturated heterocycles. The molecule has 0 amide bonds. The monoisotopic (exact) mass is 249 g/mol. The highest BCUT2D eigenvalue weighted by molar-refractivity contribution is 5.74. The second-order valence-corrected chi connectivity index (χ2v) is 5.08. The van der Waals surface area contributed by atoms with Gasteiger partial charge < -0.3 is 10.0 Å². The second kappa shape index (κ2) is 6.43. The third kappa shape index (κ3) is 3.76. The van der Waals surface area contributed by atoms with E-state index in [4.69, 9.17) is 5.11 Å². The molecule has 1 unspecified atom stereocenters. The molecule has 0 aliphatic carbocycles. The van der Waals surface area contributed by atoms with Crippen molar-refractivity contribution in [2.24, 2.45) is 5.92 Å². The fraction of sp³-hybridized carbons (Fsp3) is 0.533. The lowest BCUT2D eigenvalue weighted by atomic mass is 9.99. The molecule has 0 fully saturated rings. The van der Waals surface area contributed by atoms with Gasteiger partial charge in [-0.05, 0) is 31.4 Å². The lowest BCUT2D eigenvalue weighted by Crippen LogP contribution is -2.42. The van der Waals surface area contributed by atoms with Crippen LogP contribution >= 0.6 is 0 Å². The van der Waals surface area contributed by atoms with Crippen LogP contribution in [-0.4, -0.2) is 23.7 Å². The molecule has 0 saturated carbocycles. The van der Waals surface area contributed by atoms with E-state index in [1.54, 1.807) is 0 Å². The number of aryl methyl sites for hydroxylation is 1. The number of benzene rings is 1. The molecule has 0 aromatic heterocycles. The number of rotatable bonds is 6. The van der Waals surface area contributed by atoms with Crippen LogP contribution in [0.2, 0.25) is 0 Å². The predicted octanol–water partition coefficient (Wildman–Crippen LogP) is 3.32. The number of nitrogens with zero attached hydrogens (tertiary/aromatic N) is 1. The first-order valence-electron chi connectivity index (χ1n) is 6.50. The summed E-state index contributed by atoms with van der Waals surface area (Å²) in [6.07, 6.45) is 0.943. The Balaban J connectivity index is 3.03. The summed E-state index contributed by atoms with van der Waals surface area (Å²) in [7, 11) is 0. The first-order valence-corrected chi connectivity index (χ1v) is 6.50. The number of carboxylic acid groups (broad SMARTS) is 1. The van der Waals surface area contributed by atoms with Gasteiger partial charge in [0.25, 0.3) is 0 Å². The highest BCUT2D eigenvalue weighted by Gasteiger charge is 2.22. The molecule has 0 aliphatic rings. The molecule has 18 heavy (non-hydrogen) atoms. The van der Waals surface area contributed by atoms with Gasteiger partial charge in [0.1, 0.15) is 6.54 Å². The van der Waals surface area contributed by atoms with Gasteiger partial charge in [-0.25, -0.2) is 0 Å². The molecule has 3 heteroatoms. The fourth-order valence-electron chi connectivity index (χ4n) is 2.33. The summed E-state index contributed by atoms with van der Waals surface area (Å²) in [5, 5.41) is 9.08. The van der Waals surface area contributed by atoms with Crippen LogP contribution in [0.3, 0.4) is 0 Å². The summed E-state index contributed by atoms with van der Waals surface area (Å²) in [5.74, 6) is -0.356. The fourth-order valence-corrected chi connectivity index (χ4v) is 2.33. The van der Waals surface area contributed by atoms with E-state index < -0.39 is 5.97 Å². The van der Waals surface area contributed by atoms with Gasteiger partial charge in [0, 0.05) is 11.7 Å². The van der Waals surface area contributed by atoms with Crippen molar-refractivity contribution >= 4 is 11.7 Å². The van der Waals surface area contributed by atoms with Gasteiger partial charge in [0.15, 0.2) is 0 Å². The zero-order valence-corrected chi connectivity index (χ0v) is 11.7. The molecule has 0 bridgehead atoms. The third-order valence-corrected chi connectivity index (χ3v) is 3.26. The van der Waals surface area contributed by atoms with E-state index in [0.717, 1.165) is 12.1 Å². The van der Waals surface area contributed by atoms with E-state index >= 15 is 0 Å². The van der Waals surface area contributed by atoms with E-state index in [2.05, 4.69) is 20.8 Å². The molecular weight excluding hydrogens is 226 g/mol. The molecule has 3 nitrogen and oxygen atoms in total. The van der Waals surface area contributed by atoms with Crippen LogP contribution in [0.5, 0.6) is 0 Å². The van der Waals surface area contributed by atoms with Crippen molar-refractivity contribution in [1.29, 1.82) is 0 Å². The summed E-state index contributed by atoms with van der Waals surface area (Å²) in [6.45, 7) is 8.47. The van der Waals surface area contributed by atoms with E-state index in [1.165, 1.54) is 5.56 Å². The van der Waals surface area contributed by atoms with Crippen LogP contribution in [0.4, 0.5) is 5.69 Å². The van der Waals surface area contributed by atoms with Gasteiger partial charge in [-0.15, -0.1) is 0 Å². The molecule has 0 radical (unpaired) electrons. The van der Waals surface area contributed by atoms with Crippen LogP contribution in [0, 0.1) is 12.8 Å². The van der Waals surface area contributed by atoms with Crippen molar-refractivity contribution in [1.82, 2.24) is 0 Å². The number of anilines is 1. The maximum Gasteiger partial charge on any atom is 0.323 e. The van der Waals surface area contributed by atoms with Gasteiger partial charge in [-0.2, -0.15) is 0 Å². The van der Waals surface area contributed by atoms with Gasteiger partial charge in [-0.3, -0.25) is 4.79 Å². The number of carbonyl (C=O) groups is 1. The minimum absolute atomic E-state index is 0.0553. The van der Waals surface area contributed by atoms with Crippen molar-refractivity contribution in [3.05, 3.63) is 29.8 Å². The number of hydrogen-bond acceptors (Lipinski definition) is 2. The predicted molar refractivity (Wildman–Crippen MR) is 75.1 cm³/mol. The third-order valence-electron chi connectivity index (χ3n) is 3.26. The Kier molecular flexibility index (Phi) is 5.20. The maximum absolute atomic E-state index is 11.1. The lowest BCUT2D eigenvalue weighted by Gasteiger charge is -2.34. The number of carboxylic acids is 1. The van der Waals surface area contributed by atoms with E-state index in [1.807, 2.05) is 36.1 Å². The molecule has 0 heterocycles. The zero-order chi connectivity index (χ0) is 13.7. The Bertz CT molecular complexity index is 384. The van der Waals surface area contributed by atoms with Gasteiger partial charge in [0.2, 0.25) is 0 Å². The molecule has 1 atom stereocenters. The van der Waals surface area contributed by atoms with Crippen molar-refractivity contribution in [3.63, 3.8) is 0 Å². The topological polar surface area (TPSA) is 40.5 Å². The van der Waals surface area contributed by atoms with Crippen LogP contribution in [0.1, 0.15) is 32.8 Å². The minimum atomic E-state index is -0.783. The van der Waals surface area contributed by atoms with Crippen molar-refractivity contribution in [3.8, 4) is 0 Å². The molecular formula is C15H23NO2. The smallest absolute Gasteiger partial charge is 0.323 e.